The van der Waals surface area contributed by atoms with E-state index in [0.717, 1.165) is 33.9 Å². The topological polar surface area (TPSA) is 28.7 Å². The number of hydrogen-bond acceptors (Lipinski definition) is 1. The molecule has 7 rings (SSSR count). The predicted molar refractivity (Wildman–Crippen MR) is 168 cm³/mol. The van der Waals surface area contributed by atoms with Crippen LogP contribution in [-0.4, -0.2) is 9.97 Å². The van der Waals surface area contributed by atoms with Gasteiger partial charge in [-0.05, 0) is 62.0 Å². The predicted octanol–water partition coefficient (Wildman–Crippen LogP) is 9.99. The third-order valence-corrected chi connectivity index (χ3v) is 8.04. The van der Waals surface area contributed by atoms with Gasteiger partial charge in [-0.25, -0.2) is 4.98 Å². The SMILES string of the molecule is Ic1cccc2cccc(-c3ccc(-c4nc(-c5ccccc5)c(-c5ccccc5)[nH]4)c4ccccc34)c12. The number of aromatic amines is 1. The maximum atomic E-state index is 5.19. The van der Waals surface area contributed by atoms with Gasteiger partial charge in [-0.3, -0.25) is 0 Å². The van der Waals surface area contributed by atoms with E-state index in [2.05, 4.69) is 149 Å². The lowest BCUT2D eigenvalue weighted by Crippen LogP contribution is -1.90. The molecule has 38 heavy (non-hydrogen) atoms. The minimum atomic E-state index is 0.873. The fourth-order valence-electron chi connectivity index (χ4n) is 5.38. The number of fused-ring (bicyclic) bond motifs is 2. The van der Waals surface area contributed by atoms with Gasteiger partial charge in [-0.15, -0.1) is 0 Å². The van der Waals surface area contributed by atoms with Gasteiger partial charge in [0.1, 0.15) is 5.82 Å². The second-order valence-corrected chi connectivity index (χ2v) is 10.6. The Kier molecular flexibility index (Phi) is 5.78. The number of nitrogens with zero attached hydrogens (tertiary/aromatic N) is 1. The molecule has 0 saturated carbocycles. The van der Waals surface area contributed by atoms with Crippen LogP contribution in [0.2, 0.25) is 0 Å². The van der Waals surface area contributed by atoms with Crippen molar-refractivity contribution in [2.75, 3.05) is 0 Å². The van der Waals surface area contributed by atoms with Gasteiger partial charge in [0.25, 0.3) is 0 Å². The van der Waals surface area contributed by atoms with E-state index in [0.29, 0.717) is 0 Å². The van der Waals surface area contributed by atoms with Crippen molar-refractivity contribution < 1.29 is 0 Å². The summed E-state index contributed by atoms with van der Waals surface area (Å²) in [6.07, 6.45) is 0. The summed E-state index contributed by atoms with van der Waals surface area (Å²) in [7, 11) is 0. The minimum absolute atomic E-state index is 0.873. The molecule has 0 aliphatic heterocycles. The molecule has 2 nitrogen and oxygen atoms in total. The average Bonchev–Trinajstić information content (AvgIpc) is 3.43. The van der Waals surface area contributed by atoms with Gasteiger partial charge in [0.15, 0.2) is 0 Å². The standard InChI is InChI=1S/C35H23IN2/c36-31-20-10-16-23-15-9-19-29(32(23)31)28-21-22-30(27-18-8-7-17-26(27)28)35-37-33(24-11-3-1-4-12-24)34(38-35)25-13-5-2-6-14-25/h1-22H,(H,37,38). The van der Waals surface area contributed by atoms with E-state index in [1.807, 2.05) is 12.1 Å². The van der Waals surface area contributed by atoms with E-state index in [-0.39, 0.29) is 0 Å². The Balaban J connectivity index is 1.46. The number of halogens is 1. The Labute approximate surface area is 235 Å². The Bertz CT molecular complexity index is 1860. The highest BCUT2D eigenvalue weighted by Crippen LogP contribution is 2.40. The van der Waals surface area contributed by atoms with E-state index in [1.165, 1.54) is 36.2 Å². The highest BCUT2D eigenvalue weighted by atomic mass is 127. The molecule has 3 heteroatoms. The number of benzene rings is 6. The molecule has 0 atom stereocenters. The largest absolute Gasteiger partial charge is 0.337 e. The van der Waals surface area contributed by atoms with Gasteiger partial charge in [0.05, 0.1) is 11.4 Å². The monoisotopic (exact) mass is 598 g/mol. The van der Waals surface area contributed by atoms with E-state index in [1.54, 1.807) is 0 Å². The summed E-state index contributed by atoms with van der Waals surface area (Å²) in [6.45, 7) is 0. The first-order valence-electron chi connectivity index (χ1n) is 12.7. The molecule has 7 aromatic rings. The Morgan fingerprint density at radius 2 is 1.11 bits per heavy atom. The molecule has 0 radical (unpaired) electrons. The molecule has 180 valence electrons. The average molecular weight is 598 g/mol. The third kappa shape index (κ3) is 3.91. The van der Waals surface area contributed by atoms with E-state index in [4.69, 9.17) is 4.98 Å². The number of nitrogens with one attached hydrogen (secondary N) is 1. The number of imidazole rings is 1. The maximum absolute atomic E-state index is 5.19. The fourth-order valence-corrected chi connectivity index (χ4v) is 6.19. The van der Waals surface area contributed by atoms with Crippen LogP contribution in [0.25, 0.3) is 66.6 Å². The molecule has 0 aliphatic carbocycles. The second-order valence-electron chi connectivity index (χ2n) is 9.39. The highest BCUT2D eigenvalue weighted by molar-refractivity contribution is 14.1. The van der Waals surface area contributed by atoms with Gasteiger partial charge in [0, 0.05) is 25.6 Å². The number of H-pyrrole nitrogens is 1. The third-order valence-electron chi connectivity index (χ3n) is 7.14. The summed E-state index contributed by atoms with van der Waals surface area (Å²) in [5, 5.41) is 4.95. The van der Waals surface area contributed by atoms with Crippen molar-refractivity contribution in [3.05, 3.63) is 137 Å². The lowest BCUT2D eigenvalue weighted by molar-refractivity contribution is 1.32. The normalized spacial score (nSPS) is 11.3. The second kappa shape index (κ2) is 9.58. The van der Waals surface area contributed by atoms with Gasteiger partial charge in [0.2, 0.25) is 0 Å². The van der Waals surface area contributed by atoms with Crippen LogP contribution < -0.4 is 0 Å². The lowest BCUT2D eigenvalue weighted by Gasteiger charge is -2.14. The Morgan fingerprint density at radius 1 is 0.500 bits per heavy atom. The molecule has 6 aromatic carbocycles. The zero-order valence-electron chi connectivity index (χ0n) is 20.5. The first-order valence-corrected chi connectivity index (χ1v) is 13.8. The smallest absolute Gasteiger partial charge is 0.139 e. The molecule has 0 unspecified atom stereocenters. The quantitative estimate of drug-likeness (QED) is 0.201. The van der Waals surface area contributed by atoms with Gasteiger partial charge < -0.3 is 4.98 Å². The molecule has 1 aromatic heterocycles. The fraction of sp³-hybridized carbons (Fsp3) is 0. The van der Waals surface area contributed by atoms with Crippen molar-refractivity contribution >= 4 is 44.1 Å². The van der Waals surface area contributed by atoms with Gasteiger partial charge in [-0.2, -0.15) is 0 Å². The molecule has 0 bridgehead atoms. The number of aromatic nitrogens is 2. The molecule has 1 heterocycles. The number of hydrogen-bond donors (Lipinski definition) is 1. The van der Waals surface area contributed by atoms with Crippen molar-refractivity contribution in [2.24, 2.45) is 0 Å². The van der Waals surface area contributed by atoms with Gasteiger partial charge in [-0.1, -0.05) is 121 Å². The molecule has 0 aliphatic rings. The van der Waals surface area contributed by atoms with Crippen LogP contribution in [-0.2, 0) is 0 Å². The Hall–Kier alpha value is -4.22. The Morgan fingerprint density at radius 3 is 1.84 bits per heavy atom. The number of rotatable bonds is 4. The van der Waals surface area contributed by atoms with E-state index >= 15 is 0 Å². The molecule has 0 saturated heterocycles. The van der Waals surface area contributed by atoms with E-state index in [9.17, 15) is 0 Å². The molecular formula is C35H23IN2. The van der Waals surface area contributed by atoms with Crippen LogP contribution >= 0.6 is 22.6 Å². The lowest BCUT2D eigenvalue weighted by atomic mass is 9.92. The van der Waals surface area contributed by atoms with Crippen molar-refractivity contribution in [1.82, 2.24) is 9.97 Å². The van der Waals surface area contributed by atoms with Crippen molar-refractivity contribution in [3.63, 3.8) is 0 Å². The minimum Gasteiger partial charge on any atom is -0.337 e. The molecule has 0 fully saturated rings. The van der Waals surface area contributed by atoms with Crippen LogP contribution in [0.3, 0.4) is 0 Å². The van der Waals surface area contributed by atoms with Crippen LogP contribution in [0.15, 0.2) is 133 Å². The van der Waals surface area contributed by atoms with Crippen molar-refractivity contribution in [2.45, 2.75) is 0 Å². The zero-order chi connectivity index (χ0) is 25.5. The summed E-state index contributed by atoms with van der Waals surface area (Å²) < 4.78 is 1.26. The van der Waals surface area contributed by atoms with Crippen molar-refractivity contribution in [1.29, 1.82) is 0 Å². The summed E-state index contributed by atoms with van der Waals surface area (Å²) in [6, 6.07) is 47.1. The molecule has 1 N–H and O–H groups in total. The first-order chi connectivity index (χ1) is 18.8. The van der Waals surface area contributed by atoms with Gasteiger partial charge >= 0.3 is 0 Å². The first kappa shape index (κ1) is 22.9. The maximum Gasteiger partial charge on any atom is 0.139 e. The molecular weight excluding hydrogens is 575 g/mol. The molecule has 0 spiro atoms. The highest BCUT2D eigenvalue weighted by Gasteiger charge is 2.18. The van der Waals surface area contributed by atoms with Crippen LogP contribution in [0, 0.1) is 3.57 Å². The summed E-state index contributed by atoms with van der Waals surface area (Å²) in [5.41, 5.74) is 7.80. The van der Waals surface area contributed by atoms with Crippen LogP contribution in [0.5, 0.6) is 0 Å². The van der Waals surface area contributed by atoms with Crippen molar-refractivity contribution in [3.8, 4) is 45.0 Å². The zero-order valence-corrected chi connectivity index (χ0v) is 22.7. The summed E-state index contributed by atoms with van der Waals surface area (Å²) >= 11 is 2.45. The van der Waals surface area contributed by atoms with Crippen LogP contribution in [0.1, 0.15) is 0 Å². The molecule has 0 amide bonds. The van der Waals surface area contributed by atoms with E-state index < -0.39 is 0 Å². The summed E-state index contributed by atoms with van der Waals surface area (Å²) in [5.74, 6) is 0.873. The van der Waals surface area contributed by atoms with Crippen LogP contribution in [0.4, 0.5) is 0 Å². The summed E-state index contributed by atoms with van der Waals surface area (Å²) in [4.78, 5) is 8.88.